The van der Waals surface area contributed by atoms with Crippen LogP contribution in [0.25, 0.3) is 21.5 Å². The van der Waals surface area contributed by atoms with Crippen molar-refractivity contribution in [1.82, 2.24) is 4.98 Å². The van der Waals surface area contributed by atoms with Gasteiger partial charge in [0.05, 0.1) is 17.1 Å². The lowest BCUT2D eigenvalue weighted by molar-refractivity contribution is 0.103. The molecule has 2 aromatic carbocycles. The first-order chi connectivity index (χ1) is 14.5. The number of carbonyl (C=O) groups is 1. The van der Waals surface area contributed by atoms with Gasteiger partial charge in [-0.3, -0.25) is 4.79 Å². The summed E-state index contributed by atoms with van der Waals surface area (Å²) in [6, 6.07) is 15.2. The molecule has 3 heterocycles. The average Bonchev–Trinajstić information content (AvgIpc) is 3.33. The lowest BCUT2D eigenvalue weighted by Crippen LogP contribution is -2.12. The molecule has 150 valence electrons. The van der Waals surface area contributed by atoms with Crippen molar-refractivity contribution >= 4 is 54.8 Å². The minimum absolute atomic E-state index is 0.224. The number of ether oxygens (including phenoxy) is 2. The molecular formula is C22H16BrN3O3S. The van der Waals surface area contributed by atoms with E-state index in [1.54, 1.807) is 0 Å². The number of hydrogen-bond donors (Lipinski definition) is 2. The van der Waals surface area contributed by atoms with Gasteiger partial charge in [-0.15, -0.1) is 11.3 Å². The van der Waals surface area contributed by atoms with Crippen LogP contribution >= 0.6 is 27.3 Å². The molecule has 0 saturated heterocycles. The van der Waals surface area contributed by atoms with Crippen LogP contribution in [0, 0.1) is 6.92 Å². The molecule has 2 aromatic heterocycles. The van der Waals surface area contributed by atoms with E-state index >= 15 is 0 Å². The Kier molecular flexibility index (Phi) is 4.60. The molecular weight excluding hydrogens is 466 g/mol. The zero-order valence-corrected chi connectivity index (χ0v) is 18.3. The van der Waals surface area contributed by atoms with E-state index in [0.29, 0.717) is 26.8 Å². The Morgan fingerprint density at radius 1 is 1.13 bits per heavy atom. The van der Waals surface area contributed by atoms with E-state index in [0.717, 1.165) is 32.4 Å². The molecule has 1 aliphatic heterocycles. The molecule has 8 heteroatoms. The SMILES string of the molecule is Cc1ccc(NC(=O)c2sc3nc(-c4ccc5c(c4)OCO5)ccc3c2N)c(Br)c1. The number of aromatic nitrogens is 1. The fraction of sp³-hybridized carbons (Fsp3) is 0.0909. The van der Waals surface area contributed by atoms with E-state index in [9.17, 15) is 4.79 Å². The second-order valence-electron chi connectivity index (χ2n) is 6.90. The third-order valence-electron chi connectivity index (χ3n) is 4.84. The molecule has 30 heavy (non-hydrogen) atoms. The number of fused-ring (bicyclic) bond motifs is 2. The molecule has 0 radical (unpaired) electrons. The smallest absolute Gasteiger partial charge is 0.267 e. The van der Waals surface area contributed by atoms with Crippen LogP contribution in [-0.4, -0.2) is 17.7 Å². The fourth-order valence-corrected chi connectivity index (χ4v) is 4.86. The predicted octanol–water partition coefficient (Wildman–Crippen LogP) is 5.60. The van der Waals surface area contributed by atoms with Gasteiger partial charge in [-0.2, -0.15) is 0 Å². The molecule has 1 aliphatic rings. The molecule has 4 aromatic rings. The van der Waals surface area contributed by atoms with Crippen molar-refractivity contribution in [2.24, 2.45) is 0 Å². The van der Waals surface area contributed by atoms with E-state index in [1.165, 1.54) is 11.3 Å². The number of anilines is 2. The van der Waals surface area contributed by atoms with E-state index in [-0.39, 0.29) is 12.7 Å². The van der Waals surface area contributed by atoms with Gasteiger partial charge < -0.3 is 20.5 Å². The third-order valence-corrected chi connectivity index (χ3v) is 6.61. The molecule has 6 nitrogen and oxygen atoms in total. The number of halogens is 1. The van der Waals surface area contributed by atoms with Gasteiger partial charge in [0.25, 0.3) is 5.91 Å². The summed E-state index contributed by atoms with van der Waals surface area (Å²) >= 11 is 4.76. The summed E-state index contributed by atoms with van der Waals surface area (Å²) in [6.45, 7) is 2.21. The number of nitrogen functional groups attached to an aromatic ring is 1. The molecule has 0 fully saturated rings. The Balaban J connectivity index is 1.48. The van der Waals surface area contributed by atoms with Gasteiger partial charge in [0.2, 0.25) is 6.79 Å². The lowest BCUT2D eigenvalue weighted by atomic mass is 10.1. The second kappa shape index (κ2) is 7.30. The van der Waals surface area contributed by atoms with Crippen molar-refractivity contribution in [1.29, 1.82) is 0 Å². The zero-order chi connectivity index (χ0) is 20.8. The van der Waals surface area contributed by atoms with Crippen LogP contribution < -0.4 is 20.5 Å². The van der Waals surface area contributed by atoms with Gasteiger partial charge in [-0.25, -0.2) is 4.98 Å². The van der Waals surface area contributed by atoms with E-state index < -0.39 is 0 Å². The van der Waals surface area contributed by atoms with Crippen molar-refractivity contribution in [3.05, 3.63) is 63.4 Å². The Morgan fingerprint density at radius 2 is 1.97 bits per heavy atom. The molecule has 1 amide bonds. The number of thiophene rings is 1. The topological polar surface area (TPSA) is 86.5 Å². The number of nitrogens with two attached hydrogens (primary N) is 1. The van der Waals surface area contributed by atoms with E-state index in [1.807, 2.05) is 55.5 Å². The maximum absolute atomic E-state index is 12.9. The first-order valence-corrected chi connectivity index (χ1v) is 10.8. The Bertz CT molecular complexity index is 1320. The molecule has 0 atom stereocenters. The third kappa shape index (κ3) is 3.28. The van der Waals surface area contributed by atoms with Crippen LogP contribution in [0.3, 0.4) is 0 Å². The number of nitrogens with zero attached hydrogens (tertiary/aromatic N) is 1. The maximum Gasteiger partial charge on any atom is 0.267 e. The first kappa shape index (κ1) is 18.9. The van der Waals surface area contributed by atoms with Gasteiger partial charge in [0.15, 0.2) is 11.5 Å². The lowest BCUT2D eigenvalue weighted by Gasteiger charge is -2.07. The van der Waals surface area contributed by atoms with Gasteiger partial charge in [-0.1, -0.05) is 6.07 Å². The number of carbonyl (C=O) groups excluding carboxylic acids is 1. The predicted molar refractivity (Wildman–Crippen MR) is 122 cm³/mol. The van der Waals surface area contributed by atoms with Crippen LogP contribution in [0.15, 0.2) is 53.0 Å². The van der Waals surface area contributed by atoms with Crippen LogP contribution in [0.1, 0.15) is 15.2 Å². The van der Waals surface area contributed by atoms with Crippen molar-refractivity contribution in [3.63, 3.8) is 0 Å². The van der Waals surface area contributed by atoms with Gasteiger partial charge >= 0.3 is 0 Å². The standard InChI is InChI=1S/C22H16BrN3O3S/c1-11-2-5-16(14(23)8-11)25-21(27)20-19(24)13-4-6-15(26-22(13)30-20)12-3-7-17-18(9-12)29-10-28-17/h2-9H,10,24H2,1H3,(H,25,27). The van der Waals surface area contributed by atoms with Gasteiger partial charge in [0.1, 0.15) is 9.71 Å². The van der Waals surface area contributed by atoms with Crippen molar-refractivity contribution in [2.45, 2.75) is 6.92 Å². The normalized spacial score (nSPS) is 12.3. The van der Waals surface area contributed by atoms with Crippen molar-refractivity contribution in [3.8, 4) is 22.8 Å². The quantitative estimate of drug-likeness (QED) is 0.397. The molecule has 5 rings (SSSR count). The summed E-state index contributed by atoms with van der Waals surface area (Å²) in [6.07, 6.45) is 0. The van der Waals surface area contributed by atoms with Crippen LogP contribution in [0.4, 0.5) is 11.4 Å². The van der Waals surface area contributed by atoms with Crippen molar-refractivity contribution in [2.75, 3.05) is 17.8 Å². The largest absolute Gasteiger partial charge is 0.454 e. The molecule has 0 bridgehead atoms. The fourth-order valence-electron chi connectivity index (χ4n) is 3.28. The highest BCUT2D eigenvalue weighted by molar-refractivity contribution is 9.10. The molecule has 0 saturated carbocycles. The number of rotatable bonds is 3. The minimum Gasteiger partial charge on any atom is -0.454 e. The van der Waals surface area contributed by atoms with Crippen LogP contribution in [-0.2, 0) is 0 Å². The Labute approximate surface area is 184 Å². The van der Waals surface area contributed by atoms with Crippen LogP contribution in [0.5, 0.6) is 11.5 Å². The zero-order valence-electron chi connectivity index (χ0n) is 15.9. The summed E-state index contributed by atoms with van der Waals surface area (Å²) in [4.78, 5) is 18.7. The van der Waals surface area contributed by atoms with E-state index in [4.69, 9.17) is 20.2 Å². The maximum atomic E-state index is 12.9. The Morgan fingerprint density at radius 3 is 2.80 bits per heavy atom. The number of hydrogen-bond acceptors (Lipinski definition) is 6. The Hall–Kier alpha value is -3.10. The number of aryl methyl sites for hydroxylation is 1. The summed E-state index contributed by atoms with van der Waals surface area (Å²) < 4.78 is 11.6. The number of amides is 1. The summed E-state index contributed by atoms with van der Waals surface area (Å²) in [7, 11) is 0. The van der Waals surface area contributed by atoms with E-state index in [2.05, 4.69) is 21.2 Å². The van der Waals surface area contributed by atoms with Crippen LogP contribution in [0.2, 0.25) is 0 Å². The molecule has 0 spiro atoms. The van der Waals surface area contributed by atoms with Gasteiger partial charge in [0, 0.05) is 15.4 Å². The highest BCUT2D eigenvalue weighted by Crippen LogP contribution is 2.38. The number of benzene rings is 2. The monoisotopic (exact) mass is 481 g/mol. The second-order valence-corrected chi connectivity index (χ2v) is 8.75. The first-order valence-electron chi connectivity index (χ1n) is 9.16. The number of pyridine rings is 1. The molecule has 0 unspecified atom stereocenters. The molecule has 3 N–H and O–H groups in total. The summed E-state index contributed by atoms with van der Waals surface area (Å²) in [5.74, 6) is 1.16. The molecule has 0 aliphatic carbocycles. The number of nitrogens with one attached hydrogen (secondary N) is 1. The average molecular weight is 482 g/mol. The summed E-state index contributed by atoms with van der Waals surface area (Å²) in [5.41, 5.74) is 10.2. The van der Waals surface area contributed by atoms with Crippen molar-refractivity contribution < 1.29 is 14.3 Å². The highest BCUT2D eigenvalue weighted by atomic mass is 79.9. The van der Waals surface area contributed by atoms with Gasteiger partial charge in [-0.05, 0) is 70.9 Å². The highest BCUT2D eigenvalue weighted by Gasteiger charge is 2.20. The minimum atomic E-state index is -0.260. The summed E-state index contributed by atoms with van der Waals surface area (Å²) in [5, 5.41) is 3.68.